The largest absolute Gasteiger partial charge is 0.494 e. The van der Waals surface area contributed by atoms with E-state index in [0.29, 0.717) is 17.8 Å². The SMILES string of the molecule is CCOc1ccc(Nc2c(C(=O)N3CCCC3)cnc3nc(C)ccc23)cc1. The van der Waals surface area contributed by atoms with E-state index < -0.39 is 0 Å². The van der Waals surface area contributed by atoms with Crippen LogP contribution in [0.5, 0.6) is 5.75 Å². The topological polar surface area (TPSA) is 67.3 Å². The Balaban J connectivity index is 1.76. The van der Waals surface area contributed by atoms with Crippen LogP contribution in [0.3, 0.4) is 0 Å². The number of benzene rings is 1. The van der Waals surface area contributed by atoms with Crippen molar-refractivity contribution in [1.82, 2.24) is 14.9 Å². The summed E-state index contributed by atoms with van der Waals surface area (Å²) >= 11 is 0. The van der Waals surface area contributed by atoms with Gasteiger partial charge in [-0.2, -0.15) is 0 Å². The van der Waals surface area contributed by atoms with Crippen LogP contribution >= 0.6 is 0 Å². The monoisotopic (exact) mass is 376 g/mol. The number of carbonyl (C=O) groups is 1. The highest BCUT2D eigenvalue weighted by atomic mass is 16.5. The van der Waals surface area contributed by atoms with Crippen LogP contribution < -0.4 is 10.1 Å². The van der Waals surface area contributed by atoms with Gasteiger partial charge in [-0.3, -0.25) is 4.79 Å². The number of amides is 1. The maximum Gasteiger partial charge on any atom is 0.257 e. The Morgan fingerprint density at radius 2 is 1.89 bits per heavy atom. The Hall–Kier alpha value is -3.15. The number of ether oxygens (including phenoxy) is 1. The number of aryl methyl sites for hydroxylation is 1. The highest BCUT2D eigenvalue weighted by Gasteiger charge is 2.24. The van der Waals surface area contributed by atoms with E-state index in [1.807, 2.05) is 55.1 Å². The zero-order valence-corrected chi connectivity index (χ0v) is 16.2. The third kappa shape index (κ3) is 3.63. The summed E-state index contributed by atoms with van der Waals surface area (Å²) in [7, 11) is 0. The van der Waals surface area contributed by atoms with Gasteiger partial charge in [-0.05, 0) is 63.1 Å². The molecular weight excluding hydrogens is 352 g/mol. The molecule has 0 saturated carbocycles. The quantitative estimate of drug-likeness (QED) is 0.718. The summed E-state index contributed by atoms with van der Waals surface area (Å²) < 4.78 is 5.52. The van der Waals surface area contributed by atoms with E-state index in [1.165, 1.54) is 0 Å². The summed E-state index contributed by atoms with van der Waals surface area (Å²) in [4.78, 5) is 24.0. The van der Waals surface area contributed by atoms with E-state index in [1.54, 1.807) is 6.20 Å². The lowest BCUT2D eigenvalue weighted by molar-refractivity contribution is 0.0793. The molecule has 28 heavy (non-hydrogen) atoms. The van der Waals surface area contributed by atoms with Crippen LogP contribution in [0.15, 0.2) is 42.6 Å². The number of hydrogen-bond donors (Lipinski definition) is 1. The van der Waals surface area contributed by atoms with Crippen LogP contribution in [-0.4, -0.2) is 40.5 Å². The molecule has 1 aliphatic rings. The van der Waals surface area contributed by atoms with Gasteiger partial charge in [-0.25, -0.2) is 9.97 Å². The van der Waals surface area contributed by atoms with Gasteiger partial charge in [-0.1, -0.05) is 0 Å². The predicted molar refractivity (Wildman–Crippen MR) is 110 cm³/mol. The molecule has 2 aromatic heterocycles. The van der Waals surface area contributed by atoms with Crippen molar-refractivity contribution < 1.29 is 9.53 Å². The number of rotatable bonds is 5. The molecule has 1 amide bonds. The Bertz CT molecular complexity index is 995. The van der Waals surface area contributed by atoms with E-state index in [0.717, 1.165) is 54.1 Å². The zero-order valence-electron chi connectivity index (χ0n) is 16.2. The van der Waals surface area contributed by atoms with Crippen LogP contribution in [0, 0.1) is 6.92 Å². The molecule has 3 heterocycles. The number of nitrogens with zero attached hydrogens (tertiary/aromatic N) is 3. The third-order valence-electron chi connectivity index (χ3n) is 4.93. The average Bonchev–Trinajstić information content (AvgIpc) is 3.24. The molecule has 0 radical (unpaired) electrons. The van der Waals surface area contributed by atoms with E-state index in [4.69, 9.17) is 4.74 Å². The van der Waals surface area contributed by atoms with Crippen LogP contribution in [0.4, 0.5) is 11.4 Å². The van der Waals surface area contributed by atoms with E-state index in [-0.39, 0.29) is 5.91 Å². The average molecular weight is 376 g/mol. The summed E-state index contributed by atoms with van der Waals surface area (Å²) in [6.45, 7) is 6.11. The van der Waals surface area contributed by atoms with Gasteiger partial charge in [0, 0.05) is 36.1 Å². The predicted octanol–water partition coefficient (Wildman–Crippen LogP) is 4.32. The number of nitrogens with one attached hydrogen (secondary N) is 1. The van der Waals surface area contributed by atoms with Gasteiger partial charge >= 0.3 is 0 Å². The van der Waals surface area contributed by atoms with Crippen molar-refractivity contribution in [3.63, 3.8) is 0 Å². The number of carbonyl (C=O) groups excluding carboxylic acids is 1. The number of anilines is 2. The van der Waals surface area contributed by atoms with Gasteiger partial charge < -0.3 is 15.0 Å². The Labute approximate surface area is 164 Å². The van der Waals surface area contributed by atoms with Gasteiger partial charge in [0.2, 0.25) is 0 Å². The summed E-state index contributed by atoms with van der Waals surface area (Å²) in [6, 6.07) is 11.6. The minimum absolute atomic E-state index is 0.0147. The normalized spacial score (nSPS) is 13.7. The Kier molecular flexibility index (Phi) is 5.10. The smallest absolute Gasteiger partial charge is 0.257 e. The molecule has 6 heteroatoms. The molecule has 6 nitrogen and oxygen atoms in total. The van der Waals surface area contributed by atoms with Crippen molar-refractivity contribution in [2.75, 3.05) is 25.0 Å². The van der Waals surface area contributed by atoms with Crippen molar-refractivity contribution in [2.45, 2.75) is 26.7 Å². The van der Waals surface area contributed by atoms with Crippen LogP contribution in [-0.2, 0) is 0 Å². The third-order valence-corrected chi connectivity index (χ3v) is 4.93. The van der Waals surface area contributed by atoms with E-state index in [2.05, 4.69) is 15.3 Å². The second-order valence-electron chi connectivity index (χ2n) is 6.95. The van der Waals surface area contributed by atoms with Gasteiger partial charge in [0.1, 0.15) is 5.75 Å². The fraction of sp³-hybridized carbons (Fsp3) is 0.318. The molecule has 144 valence electrons. The maximum atomic E-state index is 13.1. The lowest BCUT2D eigenvalue weighted by atomic mass is 10.1. The van der Waals surface area contributed by atoms with Crippen LogP contribution in [0.1, 0.15) is 35.8 Å². The summed E-state index contributed by atoms with van der Waals surface area (Å²) in [5.74, 6) is 0.833. The van der Waals surface area contributed by atoms with E-state index in [9.17, 15) is 4.79 Å². The van der Waals surface area contributed by atoms with Crippen molar-refractivity contribution in [3.8, 4) is 5.75 Å². The van der Waals surface area contributed by atoms with Crippen molar-refractivity contribution >= 4 is 28.3 Å². The molecule has 1 saturated heterocycles. The number of likely N-dealkylation sites (tertiary alicyclic amines) is 1. The highest BCUT2D eigenvalue weighted by molar-refractivity contribution is 6.07. The first-order valence-corrected chi connectivity index (χ1v) is 9.71. The molecule has 1 aliphatic heterocycles. The molecule has 3 aromatic rings. The first-order valence-electron chi connectivity index (χ1n) is 9.71. The molecule has 1 aromatic carbocycles. The molecule has 1 N–H and O–H groups in total. The van der Waals surface area contributed by atoms with Crippen LogP contribution in [0.25, 0.3) is 11.0 Å². The Morgan fingerprint density at radius 3 is 2.61 bits per heavy atom. The fourth-order valence-corrected chi connectivity index (χ4v) is 3.50. The number of hydrogen-bond acceptors (Lipinski definition) is 5. The minimum Gasteiger partial charge on any atom is -0.494 e. The van der Waals surface area contributed by atoms with Crippen molar-refractivity contribution in [1.29, 1.82) is 0 Å². The summed E-state index contributed by atoms with van der Waals surface area (Å²) in [6.07, 6.45) is 3.75. The molecule has 0 bridgehead atoms. The molecule has 4 rings (SSSR count). The number of pyridine rings is 2. The Morgan fingerprint density at radius 1 is 1.14 bits per heavy atom. The van der Waals surface area contributed by atoms with Gasteiger partial charge in [-0.15, -0.1) is 0 Å². The molecule has 0 atom stereocenters. The number of fused-ring (bicyclic) bond motifs is 1. The van der Waals surface area contributed by atoms with Gasteiger partial charge in [0.05, 0.1) is 17.9 Å². The lowest BCUT2D eigenvalue weighted by Gasteiger charge is -2.19. The second-order valence-corrected chi connectivity index (χ2v) is 6.95. The van der Waals surface area contributed by atoms with Crippen molar-refractivity contribution in [3.05, 3.63) is 53.9 Å². The molecular formula is C22H24N4O2. The summed E-state index contributed by atoms with van der Waals surface area (Å²) in [5.41, 5.74) is 3.73. The first-order chi connectivity index (χ1) is 13.7. The number of aromatic nitrogens is 2. The minimum atomic E-state index is 0.0147. The summed E-state index contributed by atoms with van der Waals surface area (Å²) in [5, 5.41) is 4.26. The zero-order chi connectivity index (χ0) is 19.5. The fourth-order valence-electron chi connectivity index (χ4n) is 3.50. The van der Waals surface area contributed by atoms with E-state index >= 15 is 0 Å². The molecule has 1 fully saturated rings. The van der Waals surface area contributed by atoms with Crippen LogP contribution in [0.2, 0.25) is 0 Å². The highest BCUT2D eigenvalue weighted by Crippen LogP contribution is 2.31. The standard InChI is InChI=1S/C22H24N4O2/c1-3-28-17-9-7-16(8-10-17)25-20-18-11-6-15(2)24-21(18)23-14-19(20)22(27)26-12-4-5-13-26/h6-11,14H,3-5,12-13H2,1-2H3,(H,23,24,25). The molecule has 0 aliphatic carbocycles. The second kappa shape index (κ2) is 7.84. The maximum absolute atomic E-state index is 13.1. The van der Waals surface area contributed by atoms with Gasteiger partial charge in [0.15, 0.2) is 5.65 Å². The molecule has 0 unspecified atom stereocenters. The van der Waals surface area contributed by atoms with Gasteiger partial charge in [0.25, 0.3) is 5.91 Å². The molecule has 0 spiro atoms. The van der Waals surface area contributed by atoms with Crippen molar-refractivity contribution in [2.24, 2.45) is 0 Å². The lowest BCUT2D eigenvalue weighted by Crippen LogP contribution is -2.28. The first kappa shape index (κ1) is 18.2.